The van der Waals surface area contributed by atoms with Gasteiger partial charge in [-0.15, -0.1) is 0 Å². The summed E-state index contributed by atoms with van der Waals surface area (Å²) < 4.78 is 5.48. The minimum absolute atomic E-state index is 0.745. The molecule has 2 aromatic carbocycles. The molecule has 1 saturated heterocycles. The van der Waals surface area contributed by atoms with E-state index in [1.807, 2.05) is 24.4 Å². The van der Waals surface area contributed by atoms with E-state index >= 15 is 0 Å². The predicted molar refractivity (Wildman–Crippen MR) is 108 cm³/mol. The van der Waals surface area contributed by atoms with Gasteiger partial charge in [-0.05, 0) is 35.9 Å². The van der Waals surface area contributed by atoms with Gasteiger partial charge in [-0.25, -0.2) is 0 Å². The fourth-order valence-corrected chi connectivity index (χ4v) is 3.80. The Balaban J connectivity index is 1.50. The van der Waals surface area contributed by atoms with Crippen molar-refractivity contribution in [1.82, 2.24) is 4.98 Å². The van der Waals surface area contributed by atoms with Gasteiger partial charge in [0.05, 0.1) is 31.2 Å². The zero-order valence-electron chi connectivity index (χ0n) is 15.1. The summed E-state index contributed by atoms with van der Waals surface area (Å²) >= 11 is 0. The summed E-state index contributed by atoms with van der Waals surface area (Å²) in [6.45, 7) is 4.21. The van der Waals surface area contributed by atoms with Crippen LogP contribution in [0.5, 0.6) is 0 Å². The van der Waals surface area contributed by atoms with Gasteiger partial charge in [0.25, 0.3) is 0 Å². The van der Waals surface area contributed by atoms with Crippen LogP contribution in [0.1, 0.15) is 16.7 Å². The molecule has 0 saturated carbocycles. The van der Waals surface area contributed by atoms with Crippen molar-refractivity contribution in [3.8, 4) is 11.3 Å². The average Bonchev–Trinajstić information content (AvgIpc) is 3.18. The molecule has 134 valence electrons. The van der Waals surface area contributed by atoms with E-state index in [-0.39, 0.29) is 0 Å². The fourth-order valence-electron chi connectivity index (χ4n) is 3.80. The Kier molecular flexibility index (Phi) is 4.18. The van der Waals surface area contributed by atoms with Crippen LogP contribution >= 0.6 is 0 Å². The minimum atomic E-state index is 0.745. The Labute approximate surface area is 159 Å². The van der Waals surface area contributed by atoms with E-state index in [1.165, 1.54) is 22.4 Å². The molecule has 3 heterocycles. The van der Waals surface area contributed by atoms with Crippen LogP contribution in [-0.2, 0) is 11.3 Å². The third-order valence-electron chi connectivity index (χ3n) is 5.23. The zero-order chi connectivity index (χ0) is 18.1. The molecular weight excluding hydrogens is 334 g/mol. The Morgan fingerprint density at radius 1 is 0.852 bits per heavy atom. The summed E-state index contributed by atoms with van der Waals surface area (Å²) in [6, 6.07) is 21.3. The molecule has 2 aliphatic heterocycles. The molecule has 4 heteroatoms. The van der Waals surface area contributed by atoms with Gasteiger partial charge in [0.1, 0.15) is 0 Å². The molecular formula is C23H21N3O. The second-order valence-electron chi connectivity index (χ2n) is 6.90. The second kappa shape index (κ2) is 6.97. The van der Waals surface area contributed by atoms with Crippen LogP contribution in [0.25, 0.3) is 11.3 Å². The first-order valence-corrected chi connectivity index (χ1v) is 9.41. The van der Waals surface area contributed by atoms with Crippen LogP contribution < -0.4 is 4.90 Å². The SMILES string of the molecule is c1ccc(-c2ccc3c(c2)C(c2cccc(N4CCOCC4)c2)=NC3)nc1. The number of fused-ring (bicyclic) bond motifs is 1. The number of hydrogen-bond acceptors (Lipinski definition) is 4. The van der Waals surface area contributed by atoms with Crippen LogP contribution in [0, 0.1) is 0 Å². The molecule has 0 N–H and O–H groups in total. The van der Waals surface area contributed by atoms with Crippen LogP contribution in [0.2, 0.25) is 0 Å². The van der Waals surface area contributed by atoms with Crippen LogP contribution in [0.15, 0.2) is 71.9 Å². The number of aromatic nitrogens is 1. The first-order valence-electron chi connectivity index (χ1n) is 9.41. The maximum absolute atomic E-state index is 5.48. The molecule has 4 nitrogen and oxygen atoms in total. The number of anilines is 1. The van der Waals surface area contributed by atoms with Crippen molar-refractivity contribution in [3.05, 3.63) is 83.6 Å². The lowest BCUT2D eigenvalue weighted by Gasteiger charge is -2.29. The number of morpholine rings is 1. The Morgan fingerprint density at radius 3 is 2.63 bits per heavy atom. The predicted octanol–water partition coefficient (Wildman–Crippen LogP) is 3.94. The summed E-state index contributed by atoms with van der Waals surface area (Å²) in [5.74, 6) is 0. The third kappa shape index (κ3) is 3.13. The molecule has 0 unspecified atom stereocenters. The lowest BCUT2D eigenvalue weighted by molar-refractivity contribution is 0.122. The van der Waals surface area contributed by atoms with Crippen molar-refractivity contribution in [2.45, 2.75) is 6.54 Å². The highest BCUT2D eigenvalue weighted by molar-refractivity contribution is 6.16. The van der Waals surface area contributed by atoms with Gasteiger partial charge in [-0.3, -0.25) is 9.98 Å². The van der Waals surface area contributed by atoms with Gasteiger partial charge in [0.2, 0.25) is 0 Å². The van der Waals surface area contributed by atoms with Crippen LogP contribution in [-0.4, -0.2) is 37.0 Å². The van der Waals surface area contributed by atoms with Crippen LogP contribution in [0.4, 0.5) is 5.69 Å². The van der Waals surface area contributed by atoms with E-state index in [2.05, 4.69) is 52.3 Å². The summed E-state index contributed by atoms with van der Waals surface area (Å²) in [5.41, 5.74) is 8.13. The largest absolute Gasteiger partial charge is 0.378 e. The van der Waals surface area contributed by atoms with E-state index in [4.69, 9.17) is 9.73 Å². The van der Waals surface area contributed by atoms with Gasteiger partial charge in [-0.2, -0.15) is 0 Å². The number of aliphatic imine (C=N–C) groups is 1. The van der Waals surface area contributed by atoms with Gasteiger partial charge < -0.3 is 9.64 Å². The molecule has 27 heavy (non-hydrogen) atoms. The van der Waals surface area contributed by atoms with Crippen molar-refractivity contribution in [2.75, 3.05) is 31.2 Å². The van der Waals surface area contributed by atoms with Gasteiger partial charge >= 0.3 is 0 Å². The van der Waals surface area contributed by atoms with Gasteiger partial charge in [0.15, 0.2) is 0 Å². The second-order valence-corrected chi connectivity index (χ2v) is 6.90. The zero-order valence-corrected chi connectivity index (χ0v) is 15.1. The minimum Gasteiger partial charge on any atom is -0.378 e. The van der Waals surface area contributed by atoms with E-state index in [0.29, 0.717) is 0 Å². The Bertz CT molecular complexity index is 992. The van der Waals surface area contributed by atoms with E-state index in [0.717, 1.165) is 49.8 Å². The van der Waals surface area contributed by atoms with Crippen molar-refractivity contribution in [1.29, 1.82) is 0 Å². The molecule has 3 aromatic rings. The molecule has 1 aromatic heterocycles. The lowest BCUT2D eigenvalue weighted by atomic mass is 9.96. The lowest BCUT2D eigenvalue weighted by Crippen LogP contribution is -2.36. The Morgan fingerprint density at radius 2 is 1.78 bits per heavy atom. The van der Waals surface area contributed by atoms with Gasteiger partial charge in [-0.1, -0.05) is 30.3 Å². The van der Waals surface area contributed by atoms with E-state index in [1.54, 1.807) is 0 Å². The number of nitrogens with zero attached hydrogens (tertiary/aromatic N) is 3. The topological polar surface area (TPSA) is 37.7 Å². The van der Waals surface area contributed by atoms with Crippen molar-refractivity contribution >= 4 is 11.4 Å². The number of hydrogen-bond donors (Lipinski definition) is 0. The highest BCUT2D eigenvalue weighted by Gasteiger charge is 2.20. The summed E-state index contributed by atoms with van der Waals surface area (Å²) in [7, 11) is 0. The van der Waals surface area contributed by atoms with E-state index < -0.39 is 0 Å². The molecule has 5 rings (SSSR count). The highest BCUT2D eigenvalue weighted by atomic mass is 16.5. The van der Waals surface area contributed by atoms with Gasteiger partial charge in [0, 0.05) is 41.7 Å². The monoisotopic (exact) mass is 355 g/mol. The molecule has 0 bridgehead atoms. The average molecular weight is 355 g/mol. The van der Waals surface area contributed by atoms with Crippen molar-refractivity contribution < 1.29 is 4.74 Å². The molecule has 2 aliphatic rings. The molecule has 0 radical (unpaired) electrons. The number of rotatable bonds is 3. The van der Waals surface area contributed by atoms with E-state index in [9.17, 15) is 0 Å². The first kappa shape index (κ1) is 16.2. The summed E-state index contributed by atoms with van der Waals surface area (Å²) in [4.78, 5) is 11.7. The quantitative estimate of drug-likeness (QED) is 0.714. The normalized spacial score (nSPS) is 16.1. The standard InChI is InChI=1S/C23H21N3O/c1-2-9-24-22(6-1)17-7-8-19-16-25-23(21(19)15-17)18-4-3-5-20(14-18)26-10-12-27-13-11-26/h1-9,14-15H,10-13,16H2. The maximum Gasteiger partial charge on any atom is 0.0727 e. The summed E-state index contributed by atoms with van der Waals surface area (Å²) in [5, 5.41) is 0. The molecule has 0 aliphatic carbocycles. The summed E-state index contributed by atoms with van der Waals surface area (Å²) in [6.07, 6.45) is 1.84. The highest BCUT2D eigenvalue weighted by Crippen LogP contribution is 2.29. The first-order chi connectivity index (χ1) is 13.4. The van der Waals surface area contributed by atoms with Crippen LogP contribution in [0.3, 0.4) is 0 Å². The molecule has 0 spiro atoms. The molecule has 1 fully saturated rings. The third-order valence-corrected chi connectivity index (χ3v) is 5.23. The number of pyridine rings is 1. The number of ether oxygens (including phenoxy) is 1. The maximum atomic E-state index is 5.48. The van der Waals surface area contributed by atoms with Crippen molar-refractivity contribution in [3.63, 3.8) is 0 Å². The smallest absolute Gasteiger partial charge is 0.0727 e. The fraction of sp³-hybridized carbons (Fsp3) is 0.217. The Hall–Kier alpha value is -2.98. The molecule has 0 atom stereocenters. The number of benzene rings is 2. The molecule has 0 amide bonds. The van der Waals surface area contributed by atoms with Crippen molar-refractivity contribution in [2.24, 2.45) is 4.99 Å².